The third kappa shape index (κ3) is 5.49. The van der Waals surface area contributed by atoms with Gasteiger partial charge in [-0.25, -0.2) is 4.79 Å². The smallest absolute Gasteiger partial charge is 0.355 e. The fourth-order valence-electron chi connectivity index (χ4n) is 2.25. The van der Waals surface area contributed by atoms with E-state index in [0.29, 0.717) is 18.9 Å². The van der Waals surface area contributed by atoms with Gasteiger partial charge in [0.25, 0.3) is 0 Å². The summed E-state index contributed by atoms with van der Waals surface area (Å²) < 4.78 is 15.9. The first-order valence-corrected chi connectivity index (χ1v) is 8.91. The van der Waals surface area contributed by atoms with Gasteiger partial charge < -0.3 is 19.2 Å². The molecule has 1 aliphatic rings. The fourth-order valence-corrected chi connectivity index (χ4v) is 2.25. The first-order valence-electron chi connectivity index (χ1n) is 8.91. The van der Waals surface area contributed by atoms with Crippen molar-refractivity contribution in [3.8, 4) is 5.75 Å². The van der Waals surface area contributed by atoms with Crippen molar-refractivity contribution in [3.63, 3.8) is 0 Å². The molecule has 5 heteroatoms. The normalized spacial score (nSPS) is 14.6. The summed E-state index contributed by atoms with van der Waals surface area (Å²) in [5.74, 6) is 1.51. The van der Waals surface area contributed by atoms with Crippen molar-refractivity contribution in [2.75, 3.05) is 20.3 Å². The van der Waals surface area contributed by atoms with E-state index in [1.54, 1.807) is 14.0 Å². The summed E-state index contributed by atoms with van der Waals surface area (Å²) in [5, 5.41) is 0.959. The first kappa shape index (κ1) is 19.3. The predicted molar refractivity (Wildman–Crippen MR) is 99.4 cm³/mol. The highest BCUT2D eigenvalue weighted by molar-refractivity contribution is 5.98. The summed E-state index contributed by atoms with van der Waals surface area (Å²) in [4.78, 5) is 15.0. The molecule has 1 aromatic heterocycles. The van der Waals surface area contributed by atoms with E-state index in [9.17, 15) is 4.79 Å². The van der Waals surface area contributed by atoms with E-state index in [1.165, 1.54) is 12.8 Å². The predicted octanol–water partition coefficient (Wildman–Crippen LogP) is 4.48. The molecule has 1 atom stereocenters. The minimum absolute atomic E-state index is 0.0307. The number of fused-ring (bicyclic) bond motifs is 1. The maximum absolute atomic E-state index is 11.9. The van der Waals surface area contributed by atoms with Gasteiger partial charge in [0.2, 0.25) is 0 Å². The molecule has 0 radical (unpaired) electrons. The summed E-state index contributed by atoms with van der Waals surface area (Å²) in [6.45, 7) is 8.75. The van der Waals surface area contributed by atoms with Crippen molar-refractivity contribution in [1.29, 1.82) is 0 Å². The summed E-state index contributed by atoms with van der Waals surface area (Å²) in [7, 11) is 1.65. The molecule has 0 aliphatic heterocycles. The molecule has 0 spiro atoms. The topological polar surface area (TPSA) is 60.6 Å². The molecule has 25 heavy (non-hydrogen) atoms. The van der Waals surface area contributed by atoms with Gasteiger partial charge in [0.15, 0.2) is 0 Å². The number of rotatable bonds is 6. The number of nitrogens with one attached hydrogen (secondary N) is 1. The molecule has 5 nitrogen and oxygen atoms in total. The van der Waals surface area contributed by atoms with Gasteiger partial charge >= 0.3 is 5.97 Å². The molecule has 1 aromatic carbocycles. The van der Waals surface area contributed by atoms with E-state index >= 15 is 0 Å². The van der Waals surface area contributed by atoms with Crippen molar-refractivity contribution in [2.45, 2.75) is 46.6 Å². The number of aromatic nitrogens is 1. The lowest BCUT2D eigenvalue weighted by Gasteiger charge is -2.11. The lowest BCUT2D eigenvalue weighted by molar-refractivity contribution is 0.0519. The Kier molecular flexibility index (Phi) is 6.88. The molecule has 1 saturated carbocycles. The van der Waals surface area contributed by atoms with Crippen LogP contribution in [0.4, 0.5) is 0 Å². The lowest BCUT2D eigenvalue weighted by Crippen LogP contribution is -2.15. The van der Waals surface area contributed by atoms with Crippen LogP contribution in [0, 0.1) is 12.8 Å². The number of hydrogen-bond acceptors (Lipinski definition) is 4. The van der Waals surface area contributed by atoms with E-state index in [-0.39, 0.29) is 12.1 Å². The van der Waals surface area contributed by atoms with Crippen LogP contribution in [0.2, 0.25) is 0 Å². The van der Waals surface area contributed by atoms with Gasteiger partial charge in [-0.2, -0.15) is 0 Å². The van der Waals surface area contributed by atoms with Crippen molar-refractivity contribution in [1.82, 2.24) is 4.98 Å². The monoisotopic (exact) mass is 347 g/mol. The van der Waals surface area contributed by atoms with Crippen LogP contribution >= 0.6 is 0 Å². The summed E-state index contributed by atoms with van der Waals surface area (Å²) in [6, 6.07) is 5.69. The van der Waals surface area contributed by atoms with Crippen LogP contribution < -0.4 is 4.74 Å². The number of benzene rings is 1. The molecule has 1 heterocycles. The van der Waals surface area contributed by atoms with Crippen LogP contribution in [0.3, 0.4) is 0 Å². The van der Waals surface area contributed by atoms with Crippen LogP contribution in [0.15, 0.2) is 18.2 Å². The maximum atomic E-state index is 11.9. The number of hydrogen-bond donors (Lipinski definition) is 1. The second-order valence-electron chi connectivity index (χ2n) is 6.59. The summed E-state index contributed by atoms with van der Waals surface area (Å²) in [6.07, 6.45) is 3.00. The van der Waals surface area contributed by atoms with Gasteiger partial charge in [-0.3, -0.25) is 0 Å². The van der Waals surface area contributed by atoms with Crippen molar-refractivity contribution < 1.29 is 19.0 Å². The lowest BCUT2D eigenvalue weighted by atomic mass is 10.1. The van der Waals surface area contributed by atoms with Gasteiger partial charge in [0, 0.05) is 18.0 Å². The number of aryl methyl sites for hydroxylation is 1. The van der Waals surface area contributed by atoms with Crippen LogP contribution in [0.25, 0.3) is 10.9 Å². The summed E-state index contributed by atoms with van der Waals surface area (Å²) in [5.41, 5.74) is 2.26. The maximum Gasteiger partial charge on any atom is 0.355 e. The number of aromatic amines is 1. The Morgan fingerprint density at radius 1 is 1.36 bits per heavy atom. The Balaban J connectivity index is 0.000000493. The van der Waals surface area contributed by atoms with Gasteiger partial charge in [0.1, 0.15) is 18.1 Å². The second-order valence-corrected chi connectivity index (χ2v) is 6.59. The van der Waals surface area contributed by atoms with E-state index < -0.39 is 0 Å². The molecule has 1 unspecified atom stereocenters. The zero-order valence-electron chi connectivity index (χ0n) is 15.8. The van der Waals surface area contributed by atoms with Gasteiger partial charge in [-0.15, -0.1) is 0 Å². The molecule has 0 bridgehead atoms. The molecule has 1 N–H and O–H groups in total. The molecule has 3 rings (SSSR count). The van der Waals surface area contributed by atoms with E-state index in [1.807, 2.05) is 32.0 Å². The Morgan fingerprint density at radius 3 is 2.60 bits per heavy atom. The van der Waals surface area contributed by atoms with E-state index in [4.69, 9.17) is 14.2 Å². The second kappa shape index (κ2) is 8.90. The van der Waals surface area contributed by atoms with Crippen LogP contribution in [-0.4, -0.2) is 37.4 Å². The molecule has 1 fully saturated rings. The average Bonchev–Trinajstić information content (AvgIpc) is 3.32. The zero-order valence-corrected chi connectivity index (χ0v) is 15.8. The van der Waals surface area contributed by atoms with Crippen LogP contribution in [-0.2, 0) is 9.47 Å². The number of carbonyl (C=O) groups is 1. The SMILES string of the molecule is CC1CC1.CCOC(=O)c1[nH]c2ccc(OCC(C)OC)cc2c1C. The highest BCUT2D eigenvalue weighted by Crippen LogP contribution is 2.27. The van der Waals surface area contributed by atoms with E-state index in [2.05, 4.69) is 11.9 Å². The number of ether oxygens (including phenoxy) is 3. The van der Waals surface area contributed by atoms with Gasteiger partial charge in [-0.05, 0) is 50.5 Å². The van der Waals surface area contributed by atoms with E-state index in [0.717, 1.165) is 28.1 Å². The minimum atomic E-state index is -0.332. The number of esters is 1. The molecule has 2 aromatic rings. The van der Waals surface area contributed by atoms with Crippen molar-refractivity contribution in [2.24, 2.45) is 5.92 Å². The highest BCUT2D eigenvalue weighted by Gasteiger charge is 2.16. The molecular weight excluding hydrogens is 318 g/mol. The van der Waals surface area contributed by atoms with Crippen molar-refractivity contribution in [3.05, 3.63) is 29.5 Å². The Hall–Kier alpha value is -2.01. The quantitative estimate of drug-likeness (QED) is 0.783. The average molecular weight is 347 g/mol. The number of H-pyrrole nitrogens is 1. The van der Waals surface area contributed by atoms with Crippen LogP contribution in [0.5, 0.6) is 5.75 Å². The van der Waals surface area contributed by atoms with Gasteiger partial charge in [-0.1, -0.05) is 19.8 Å². The molecular formula is C20H29NO4. The third-order valence-electron chi connectivity index (χ3n) is 4.26. The fraction of sp³-hybridized carbons (Fsp3) is 0.550. The first-order chi connectivity index (χ1) is 12.0. The standard InChI is InChI=1S/C16H21NO4.C4H8/c1-5-20-16(18)15-11(3)13-8-12(6-7-14(13)17-15)21-9-10(2)19-4;1-4-2-3-4/h6-8,10,17H,5,9H2,1-4H3;4H,2-3H2,1H3. The molecule has 1 aliphatic carbocycles. The highest BCUT2D eigenvalue weighted by atomic mass is 16.5. The Morgan fingerprint density at radius 2 is 2.04 bits per heavy atom. The minimum Gasteiger partial charge on any atom is -0.491 e. The number of methoxy groups -OCH3 is 1. The molecule has 0 saturated heterocycles. The Labute approximate surface area is 149 Å². The Bertz CT molecular complexity index is 703. The van der Waals surface area contributed by atoms with Crippen LogP contribution in [0.1, 0.15) is 49.7 Å². The van der Waals surface area contributed by atoms with Gasteiger partial charge in [0.05, 0.1) is 12.7 Å². The summed E-state index contributed by atoms with van der Waals surface area (Å²) >= 11 is 0. The molecule has 138 valence electrons. The number of carbonyl (C=O) groups excluding carboxylic acids is 1. The largest absolute Gasteiger partial charge is 0.491 e. The van der Waals surface area contributed by atoms with Crippen molar-refractivity contribution >= 4 is 16.9 Å². The zero-order chi connectivity index (χ0) is 18.4. The third-order valence-corrected chi connectivity index (χ3v) is 4.26. The molecule has 0 amide bonds.